The molecule has 0 saturated carbocycles. The van der Waals surface area contributed by atoms with Gasteiger partial charge in [0.2, 0.25) is 5.91 Å². The Bertz CT molecular complexity index is 1220. The van der Waals surface area contributed by atoms with Gasteiger partial charge < -0.3 is 10.1 Å². The van der Waals surface area contributed by atoms with E-state index in [1.807, 2.05) is 31.2 Å². The lowest BCUT2D eigenvalue weighted by atomic mass is 10.2. The summed E-state index contributed by atoms with van der Waals surface area (Å²) in [7, 11) is -2.46. The van der Waals surface area contributed by atoms with Gasteiger partial charge in [-0.05, 0) is 48.9 Å². The Morgan fingerprint density at radius 1 is 1.06 bits per heavy atom. The third-order valence-electron chi connectivity index (χ3n) is 4.96. The molecule has 0 aromatic heterocycles. The van der Waals surface area contributed by atoms with Crippen LogP contribution < -0.4 is 14.4 Å². The number of rotatable bonds is 11. The highest BCUT2D eigenvalue weighted by molar-refractivity contribution is 7.98. The van der Waals surface area contributed by atoms with Gasteiger partial charge in [0, 0.05) is 29.1 Å². The van der Waals surface area contributed by atoms with Crippen molar-refractivity contribution in [2.75, 3.05) is 30.3 Å². The third kappa shape index (κ3) is 7.16. The Morgan fingerprint density at radius 3 is 2.50 bits per heavy atom. The number of anilines is 1. The average Bonchev–Trinajstić information content (AvgIpc) is 2.82. The summed E-state index contributed by atoms with van der Waals surface area (Å²) in [6.07, 6.45) is 0. The molecule has 0 atom stereocenters. The summed E-state index contributed by atoms with van der Waals surface area (Å²) in [4.78, 5) is 12.8. The number of ether oxygens (including phenoxy) is 1. The highest BCUT2D eigenvalue weighted by Gasteiger charge is 2.27. The summed E-state index contributed by atoms with van der Waals surface area (Å²) < 4.78 is 33.2. The zero-order valence-electron chi connectivity index (χ0n) is 19.0. The van der Waals surface area contributed by atoms with E-state index in [0.29, 0.717) is 28.8 Å². The second kappa shape index (κ2) is 12.1. The fourth-order valence-electron chi connectivity index (χ4n) is 3.18. The molecule has 34 heavy (non-hydrogen) atoms. The van der Waals surface area contributed by atoms with Gasteiger partial charge in [0.15, 0.2) is 0 Å². The molecule has 0 aliphatic heterocycles. The van der Waals surface area contributed by atoms with Crippen molar-refractivity contribution < 1.29 is 17.9 Å². The molecule has 3 aromatic rings. The number of nitrogens with zero attached hydrogens (tertiary/aromatic N) is 1. The van der Waals surface area contributed by atoms with E-state index in [2.05, 4.69) is 5.32 Å². The zero-order valence-corrected chi connectivity index (χ0v) is 21.4. The molecule has 6 nitrogen and oxygen atoms in total. The van der Waals surface area contributed by atoms with Crippen molar-refractivity contribution in [2.45, 2.75) is 17.6 Å². The highest BCUT2D eigenvalue weighted by atomic mass is 35.5. The number of aryl methyl sites for hydroxylation is 1. The molecule has 0 heterocycles. The Labute approximate surface area is 210 Å². The Hall–Kier alpha value is -2.68. The van der Waals surface area contributed by atoms with Crippen molar-refractivity contribution in [1.82, 2.24) is 5.32 Å². The average molecular weight is 519 g/mol. The molecule has 3 aromatic carbocycles. The molecule has 180 valence electrons. The van der Waals surface area contributed by atoms with Gasteiger partial charge in [0.05, 0.1) is 17.7 Å². The van der Waals surface area contributed by atoms with Crippen molar-refractivity contribution in [3.63, 3.8) is 0 Å². The predicted molar refractivity (Wildman–Crippen MR) is 139 cm³/mol. The Kier molecular flexibility index (Phi) is 9.27. The van der Waals surface area contributed by atoms with Gasteiger partial charge in [-0.1, -0.05) is 47.5 Å². The maximum atomic E-state index is 13.4. The minimum atomic E-state index is -3.97. The summed E-state index contributed by atoms with van der Waals surface area (Å²) in [5.41, 5.74) is 2.41. The molecule has 0 fully saturated rings. The van der Waals surface area contributed by atoms with E-state index in [4.69, 9.17) is 16.3 Å². The Balaban J connectivity index is 1.67. The summed E-state index contributed by atoms with van der Waals surface area (Å²) in [5.74, 6) is 1.57. The van der Waals surface area contributed by atoms with E-state index in [-0.39, 0.29) is 17.3 Å². The van der Waals surface area contributed by atoms with E-state index in [0.717, 1.165) is 21.2 Å². The van der Waals surface area contributed by atoms with Crippen LogP contribution in [0.4, 0.5) is 5.69 Å². The zero-order chi connectivity index (χ0) is 24.6. The lowest BCUT2D eigenvalue weighted by Gasteiger charge is -2.24. The maximum Gasteiger partial charge on any atom is 0.264 e. The van der Waals surface area contributed by atoms with Crippen LogP contribution in [-0.4, -0.2) is 40.3 Å². The number of hydrogen-bond acceptors (Lipinski definition) is 5. The summed E-state index contributed by atoms with van der Waals surface area (Å²) >= 11 is 7.66. The van der Waals surface area contributed by atoms with Crippen LogP contribution >= 0.6 is 23.4 Å². The number of sulfonamides is 1. The van der Waals surface area contributed by atoms with Gasteiger partial charge in [0.1, 0.15) is 12.3 Å². The van der Waals surface area contributed by atoms with Gasteiger partial charge >= 0.3 is 0 Å². The number of methoxy groups -OCH3 is 1. The summed E-state index contributed by atoms with van der Waals surface area (Å²) in [6.45, 7) is 1.96. The van der Waals surface area contributed by atoms with E-state index >= 15 is 0 Å². The molecule has 0 aliphatic rings. The maximum absolute atomic E-state index is 13.4. The van der Waals surface area contributed by atoms with Crippen LogP contribution in [0.3, 0.4) is 0 Å². The van der Waals surface area contributed by atoms with Crippen LogP contribution in [0.15, 0.2) is 77.7 Å². The van der Waals surface area contributed by atoms with Gasteiger partial charge in [-0.15, -0.1) is 0 Å². The predicted octanol–water partition coefficient (Wildman–Crippen LogP) is 4.90. The van der Waals surface area contributed by atoms with E-state index in [9.17, 15) is 13.2 Å². The molecule has 0 radical (unpaired) electrons. The van der Waals surface area contributed by atoms with Gasteiger partial charge in [0.25, 0.3) is 10.0 Å². The van der Waals surface area contributed by atoms with Crippen LogP contribution in [0, 0.1) is 6.92 Å². The number of hydrogen-bond donors (Lipinski definition) is 1. The number of amides is 1. The lowest BCUT2D eigenvalue weighted by Crippen LogP contribution is -2.41. The fraction of sp³-hybridized carbons (Fsp3) is 0.240. The highest BCUT2D eigenvalue weighted by Crippen LogP contribution is 2.27. The number of carbonyl (C=O) groups is 1. The number of nitrogens with one attached hydrogen (secondary N) is 1. The first kappa shape index (κ1) is 25.9. The van der Waals surface area contributed by atoms with Crippen molar-refractivity contribution >= 4 is 45.0 Å². The van der Waals surface area contributed by atoms with E-state index in [1.54, 1.807) is 60.3 Å². The SMILES string of the molecule is COc1cccc(N(CC(=O)NCCSCc2cccc(Cl)c2)S(=O)(=O)c2ccc(C)cc2)c1. The van der Waals surface area contributed by atoms with Gasteiger partial charge in [-0.2, -0.15) is 11.8 Å². The largest absolute Gasteiger partial charge is 0.497 e. The summed E-state index contributed by atoms with van der Waals surface area (Å²) in [5, 5.41) is 3.51. The van der Waals surface area contributed by atoms with E-state index < -0.39 is 10.0 Å². The minimum Gasteiger partial charge on any atom is -0.497 e. The number of thioether (sulfide) groups is 1. The first-order valence-electron chi connectivity index (χ1n) is 10.6. The smallest absolute Gasteiger partial charge is 0.264 e. The van der Waals surface area contributed by atoms with Gasteiger partial charge in [-0.3, -0.25) is 9.10 Å². The van der Waals surface area contributed by atoms with Crippen LogP contribution in [0.5, 0.6) is 5.75 Å². The van der Waals surface area contributed by atoms with Crippen LogP contribution in [0.1, 0.15) is 11.1 Å². The normalized spacial score (nSPS) is 11.1. The standard InChI is InChI=1S/C25H27ClN2O4S2/c1-19-9-11-24(12-10-19)34(30,31)28(22-7-4-8-23(16-22)32-2)17-25(29)27-13-14-33-18-20-5-3-6-21(26)15-20/h3-12,15-16H,13-14,17-18H2,1-2H3,(H,27,29). The van der Waals surface area contributed by atoms with Crippen LogP contribution in [-0.2, 0) is 20.6 Å². The van der Waals surface area contributed by atoms with Gasteiger partial charge in [-0.25, -0.2) is 8.42 Å². The number of carbonyl (C=O) groups excluding carboxylic acids is 1. The second-order valence-corrected chi connectivity index (χ2v) is 11.0. The lowest BCUT2D eigenvalue weighted by molar-refractivity contribution is -0.119. The van der Waals surface area contributed by atoms with Crippen molar-refractivity contribution in [3.8, 4) is 5.75 Å². The monoisotopic (exact) mass is 518 g/mol. The first-order valence-corrected chi connectivity index (χ1v) is 13.6. The molecule has 1 N–H and O–H groups in total. The molecule has 3 rings (SSSR count). The number of halogens is 1. The molecule has 9 heteroatoms. The molecule has 0 bridgehead atoms. The molecular weight excluding hydrogens is 492 g/mol. The summed E-state index contributed by atoms with van der Waals surface area (Å²) in [6, 6.07) is 20.8. The quantitative estimate of drug-likeness (QED) is 0.365. The van der Waals surface area contributed by atoms with Crippen molar-refractivity contribution in [3.05, 3.63) is 88.9 Å². The molecule has 0 saturated heterocycles. The molecule has 1 amide bonds. The van der Waals surface area contributed by atoms with Crippen LogP contribution in [0.2, 0.25) is 5.02 Å². The molecular formula is C25H27ClN2O4S2. The third-order valence-corrected chi connectivity index (χ3v) is 8.02. The molecule has 0 spiro atoms. The van der Waals surface area contributed by atoms with E-state index in [1.165, 1.54) is 7.11 Å². The molecule has 0 unspecified atom stereocenters. The van der Waals surface area contributed by atoms with Crippen LogP contribution in [0.25, 0.3) is 0 Å². The fourth-order valence-corrected chi connectivity index (χ4v) is 5.62. The molecule has 0 aliphatic carbocycles. The topological polar surface area (TPSA) is 75.7 Å². The second-order valence-electron chi connectivity index (χ2n) is 7.56. The Morgan fingerprint density at radius 2 is 1.79 bits per heavy atom. The number of benzene rings is 3. The van der Waals surface area contributed by atoms with Crippen molar-refractivity contribution in [1.29, 1.82) is 0 Å². The minimum absolute atomic E-state index is 0.116. The first-order chi connectivity index (χ1) is 16.3. The van der Waals surface area contributed by atoms with Crippen molar-refractivity contribution in [2.24, 2.45) is 0 Å².